The van der Waals surface area contributed by atoms with Crippen LogP contribution in [0.3, 0.4) is 0 Å². The number of nitrogens with one attached hydrogen (secondary N) is 1. The molecule has 0 aromatic heterocycles. The fourth-order valence-electron chi connectivity index (χ4n) is 1.46. The number of methoxy groups -OCH3 is 1. The lowest BCUT2D eigenvalue weighted by Crippen LogP contribution is -2.33. The van der Waals surface area contributed by atoms with Crippen molar-refractivity contribution in [2.75, 3.05) is 20.3 Å². The van der Waals surface area contributed by atoms with E-state index in [1.54, 1.807) is 7.11 Å². The Kier molecular flexibility index (Phi) is 3.87. The van der Waals surface area contributed by atoms with E-state index in [2.05, 4.69) is 12.2 Å². The molecule has 0 radical (unpaired) electrons. The Bertz CT molecular complexity index is 95.7. The van der Waals surface area contributed by atoms with Gasteiger partial charge in [-0.25, -0.2) is 0 Å². The minimum absolute atomic E-state index is 0.595. The lowest BCUT2D eigenvalue weighted by Gasteiger charge is -2.15. The maximum Gasteiger partial charge on any atom is 0.0615 e. The molecule has 0 aliphatic heterocycles. The van der Waals surface area contributed by atoms with Gasteiger partial charge in [0.15, 0.2) is 0 Å². The van der Waals surface area contributed by atoms with Crippen molar-refractivity contribution >= 4 is 0 Å². The summed E-state index contributed by atoms with van der Waals surface area (Å²) in [5.41, 5.74) is 0. The van der Waals surface area contributed by atoms with Crippen LogP contribution in [-0.4, -0.2) is 26.3 Å². The molecular formula is C9H19NO. The van der Waals surface area contributed by atoms with Gasteiger partial charge in [0.2, 0.25) is 0 Å². The lowest BCUT2D eigenvalue weighted by atomic mass is 10.1. The molecule has 1 atom stereocenters. The Hall–Kier alpha value is -0.0800. The average molecular weight is 157 g/mol. The van der Waals surface area contributed by atoms with Crippen molar-refractivity contribution in [1.29, 1.82) is 0 Å². The second-order valence-corrected chi connectivity index (χ2v) is 3.39. The van der Waals surface area contributed by atoms with Crippen molar-refractivity contribution < 1.29 is 4.74 Å². The predicted molar refractivity (Wildman–Crippen MR) is 46.7 cm³/mol. The SMILES string of the molecule is CCNC(COC)CC1CC1. The minimum Gasteiger partial charge on any atom is -0.383 e. The lowest BCUT2D eigenvalue weighted by molar-refractivity contribution is 0.161. The summed E-state index contributed by atoms with van der Waals surface area (Å²) >= 11 is 0. The predicted octanol–water partition coefficient (Wildman–Crippen LogP) is 1.41. The zero-order valence-electron chi connectivity index (χ0n) is 7.60. The molecule has 1 saturated carbocycles. The van der Waals surface area contributed by atoms with Gasteiger partial charge < -0.3 is 10.1 Å². The summed E-state index contributed by atoms with van der Waals surface area (Å²) in [6, 6.07) is 0.595. The fraction of sp³-hybridized carbons (Fsp3) is 1.00. The summed E-state index contributed by atoms with van der Waals surface area (Å²) in [5, 5.41) is 3.43. The smallest absolute Gasteiger partial charge is 0.0615 e. The van der Waals surface area contributed by atoms with Crippen molar-refractivity contribution in [3.63, 3.8) is 0 Å². The van der Waals surface area contributed by atoms with E-state index in [9.17, 15) is 0 Å². The molecule has 11 heavy (non-hydrogen) atoms. The molecule has 1 N–H and O–H groups in total. The summed E-state index contributed by atoms with van der Waals surface area (Å²) in [4.78, 5) is 0. The van der Waals surface area contributed by atoms with E-state index in [0.29, 0.717) is 6.04 Å². The summed E-state index contributed by atoms with van der Waals surface area (Å²) < 4.78 is 5.12. The van der Waals surface area contributed by atoms with Crippen LogP contribution in [-0.2, 0) is 4.74 Å². The van der Waals surface area contributed by atoms with Gasteiger partial charge in [-0.1, -0.05) is 19.8 Å². The topological polar surface area (TPSA) is 21.3 Å². The highest BCUT2D eigenvalue weighted by atomic mass is 16.5. The summed E-state index contributed by atoms with van der Waals surface area (Å²) in [6.45, 7) is 4.07. The van der Waals surface area contributed by atoms with Gasteiger partial charge in [0.25, 0.3) is 0 Å². The zero-order chi connectivity index (χ0) is 8.10. The van der Waals surface area contributed by atoms with E-state index in [1.165, 1.54) is 19.3 Å². The van der Waals surface area contributed by atoms with E-state index in [-0.39, 0.29) is 0 Å². The van der Waals surface area contributed by atoms with Crippen LogP contribution in [0.2, 0.25) is 0 Å². The maximum absolute atomic E-state index is 5.12. The molecule has 1 aliphatic rings. The second kappa shape index (κ2) is 4.73. The molecule has 0 bridgehead atoms. The van der Waals surface area contributed by atoms with Crippen LogP contribution in [0.15, 0.2) is 0 Å². The van der Waals surface area contributed by atoms with Gasteiger partial charge >= 0.3 is 0 Å². The van der Waals surface area contributed by atoms with Crippen LogP contribution in [0.4, 0.5) is 0 Å². The van der Waals surface area contributed by atoms with Gasteiger partial charge in [-0.2, -0.15) is 0 Å². The molecule has 2 heteroatoms. The van der Waals surface area contributed by atoms with Crippen molar-refractivity contribution in [1.82, 2.24) is 5.32 Å². The summed E-state index contributed by atoms with van der Waals surface area (Å²) in [5.74, 6) is 0.995. The van der Waals surface area contributed by atoms with E-state index < -0.39 is 0 Å². The standard InChI is InChI=1S/C9H19NO/c1-3-10-9(7-11-2)6-8-4-5-8/h8-10H,3-7H2,1-2H3. The third-order valence-corrected chi connectivity index (χ3v) is 2.18. The molecular weight excluding hydrogens is 138 g/mol. The third kappa shape index (κ3) is 3.73. The Morgan fingerprint density at radius 3 is 2.73 bits per heavy atom. The molecule has 0 aromatic rings. The third-order valence-electron chi connectivity index (χ3n) is 2.18. The van der Waals surface area contributed by atoms with E-state index in [0.717, 1.165) is 19.1 Å². The highest BCUT2D eigenvalue weighted by Gasteiger charge is 2.24. The maximum atomic E-state index is 5.12. The Morgan fingerprint density at radius 2 is 2.27 bits per heavy atom. The van der Waals surface area contributed by atoms with Crippen molar-refractivity contribution in [3.8, 4) is 0 Å². The van der Waals surface area contributed by atoms with Crippen LogP contribution in [0.5, 0.6) is 0 Å². The van der Waals surface area contributed by atoms with Crippen LogP contribution < -0.4 is 5.32 Å². The van der Waals surface area contributed by atoms with Gasteiger partial charge in [-0.05, 0) is 18.9 Å². The number of hydrogen-bond acceptors (Lipinski definition) is 2. The molecule has 1 fully saturated rings. The Labute approximate surface area is 69.3 Å². The fourth-order valence-corrected chi connectivity index (χ4v) is 1.46. The van der Waals surface area contributed by atoms with Crippen LogP contribution in [0, 0.1) is 5.92 Å². The molecule has 0 heterocycles. The van der Waals surface area contributed by atoms with Crippen molar-refractivity contribution in [3.05, 3.63) is 0 Å². The Morgan fingerprint density at radius 1 is 1.55 bits per heavy atom. The molecule has 2 nitrogen and oxygen atoms in total. The average Bonchev–Trinajstić information content (AvgIpc) is 2.73. The van der Waals surface area contributed by atoms with Crippen LogP contribution in [0.1, 0.15) is 26.2 Å². The van der Waals surface area contributed by atoms with Crippen molar-refractivity contribution in [2.24, 2.45) is 5.92 Å². The van der Waals surface area contributed by atoms with E-state index >= 15 is 0 Å². The highest BCUT2D eigenvalue weighted by molar-refractivity contribution is 4.79. The first-order chi connectivity index (χ1) is 5.36. The van der Waals surface area contributed by atoms with Crippen molar-refractivity contribution in [2.45, 2.75) is 32.2 Å². The first kappa shape index (κ1) is 9.01. The first-order valence-corrected chi connectivity index (χ1v) is 4.59. The molecule has 1 unspecified atom stereocenters. The van der Waals surface area contributed by atoms with Gasteiger partial charge in [0.05, 0.1) is 6.61 Å². The monoisotopic (exact) mass is 157 g/mol. The Balaban J connectivity index is 2.08. The minimum atomic E-state index is 0.595. The van der Waals surface area contributed by atoms with Gasteiger partial charge in [0, 0.05) is 13.2 Å². The first-order valence-electron chi connectivity index (χ1n) is 4.59. The number of hydrogen-bond donors (Lipinski definition) is 1. The molecule has 0 amide bonds. The highest BCUT2D eigenvalue weighted by Crippen LogP contribution is 2.33. The molecule has 1 rings (SSSR count). The van der Waals surface area contributed by atoms with Gasteiger partial charge in [0.1, 0.15) is 0 Å². The van der Waals surface area contributed by atoms with E-state index in [1.807, 2.05) is 0 Å². The largest absolute Gasteiger partial charge is 0.383 e. The molecule has 0 aromatic carbocycles. The number of ether oxygens (including phenoxy) is 1. The summed E-state index contributed by atoms with van der Waals surface area (Å²) in [7, 11) is 1.78. The molecule has 66 valence electrons. The molecule has 0 spiro atoms. The zero-order valence-corrected chi connectivity index (χ0v) is 7.60. The van der Waals surface area contributed by atoms with Crippen LogP contribution in [0.25, 0.3) is 0 Å². The van der Waals surface area contributed by atoms with Gasteiger partial charge in [-0.3, -0.25) is 0 Å². The van der Waals surface area contributed by atoms with E-state index in [4.69, 9.17) is 4.74 Å². The number of rotatable bonds is 6. The summed E-state index contributed by atoms with van der Waals surface area (Å²) in [6.07, 6.45) is 4.18. The van der Waals surface area contributed by atoms with Gasteiger partial charge in [-0.15, -0.1) is 0 Å². The molecule has 0 saturated heterocycles. The van der Waals surface area contributed by atoms with Crippen LogP contribution >= 0.6 is 0 Å². The quantitative estimate of drug-likeness (QED) is 0.629. The normalized spacial score (nSPS) is 20.2. The second-order valence-electron chi connectivity index (χ2n) is 3.39. The molecule has 1 aliphatic carbocycles. The number of likely N-dealkylation sites (N-methyl/N-ethyl adjacent to an activating group) is 1.